The van der Waals surface area contributed by atoms with Crippen molar-refractivity contribution in [2.75, 3.05) is 11.1 Å². The molecule has 1 saturated carbocycles. The van der Waals surface area contributed by atoms with Gasteiger partial charge in [0.05, 0.1) is 0 Å². The molecule has 2 aromatic rings. The molecule has 0 aromatic carbocycles. The van der Waals surface area contributed by atoms with Crippen LogP contribution in [0.1, 0.15) is 41.3 Å². The van der Waals surface area contributed by atoms with Crippen molar-refractivity contribution in [1.29, 1.82) is 0 Å². The zero-order valence-electron chi connectivity index (χ0n) is 11.8. The second-order valence-electron chi connectivity index (χ2n) is 5.41. The van der Waals surface area contributed by atoms with Crippen LogP contribution in [0.4, 0.5) is 11.9 Å². The van der Waals surface area contributed by atoms with Gasteiger partial charge in [-0.3, -0.25) is 0 Å². The lowest BCUT2D eigenvalue weighted by Gasteiger charge is -2.13. The molecule has 1 aliphatic rings. The molecule has 1 fully saturated rings. The maximum absolute atomic E-state index is 5.76. The molecule has 1 unspecified atom stereocenters. The van der Waals surface area contributed by atoms with Gasteiger partial charge in [-0.2, -0.15) is 15.0 Å². The lowest BCUT2D eigenvalue weighted by molar-refractivity contribution is 0.776. The molecule has 5 nitrogen and oxygen atoms in total. The Balaban J connectivity index is 1.67. The number of nitrogens with two attached hydrogens (primary N) is 1. The summed E-state index contributed by atoms with van der Waals surface area (Å²) in [6, 6.07) is 4.59. The number of hydrogen-bond acceptors (Lipinski definition) is 6. The quantitative estimate of drug-likeness (QED) is 0.885. The maximum Gasteiger partial charge on any atom is 0.227 e. The highest BCUT2D eigenvalue weighted by molar-refractivity contribution is 7.11. The highest BCUT2D eigenvalue weighted by Crippen LogP contribution is 2.38. The smallest absolute Gasteiger partial charge is 0.227 e. The van der Waals surface area contributed by atoms with E-state index < -0.39 is 0 Å². The van der Waals surface area contributed by atoms with E-state index in [1.165, 1.54) is 9.75 Å². The summed E-state index contributed by atoms with van der Waals surface area (Å²) < 4.78 is 0. The normalized spacial score (nSPS) is 16.1. The van der Waals surface area contributed by atoms with E-state index in [0.29, 0.717) is 17.8 Å². The molecule has 0 radical (unpaired) electrons. The third-order valence-corrected chi connectivity index (χ3v) is 4.31. The van der Waals surface area contributed by atoms with Crippen molar-refractivity contribution in [3.8, 4) is 0 Å². The van der Waals surface area contributed by atoms with Crippen LogP contribution >= 0.6 is 11.3 Å². The average Bonchev–Trinajstić information content (AvgIpc) is 3.13. The molecular formula is C14H19N5S. The van der Waals surface area contributed by atoms with E-state index in [-0.39, 0.29) is 6.04 Å². The van der Waals surface area contributed by atoms with E-state index in [1.54, 1.807) is 0 Å². The van der Waals surface area contributed by atoms with Crippen molar-refractivity contribution in [3.63, 3.8) is 0 Å². The fraction of sp³-hybridized carbons (Fsp3) is 0.500. The molecule has 0 spiro atoms. The minimum atomic E-state index is 0.266. The standard InChI is InChI=1S/C14H19N5S/c1-8(7-11-6-3-9(2)20-11)16-14-18-12(10-4-5-10)17-13(15)19-14/h3,6,8,10H,4-5,7H2,1-2H3,(H3,15,16,17,18,19). The Kier molecular flexibility index (Phi) is 3.56. The van der Waals surface area contributed by atoms with Crippen molar-refractivity contribution in [2.24, 2.45) is 0 Å². The Morgan fingerprint density at radius 3 is 2.80 bits per heavy atom. The van der Waals surface area contributed by atoms with Gasteiger partial charge in [0.2, 0.25) is 11.9 Å². The number of aryl methyl sites for hydroxylation is 1. The largest absolute Gasteiger partial charge is 0.368 e. The Labute approximate surface area is 122 Å². The minimum Gasteiger partial charge on any atom is -0.368 e. The van der Waals surface area contributed by atoms with Gasteiger partial charge in [0.15, 0.2) is 0 Å². The number of hydrogen-bond donors (Lipinski definition) is 2. The van der Waals surface area contributed by atoms with Crippen molar-refractivity contribution in [2.45, 2.75) is 45.1 Å². The molecule has 3 N–H and O–H groups in total. The fourth-order valence-corrected chi connectivity index (χ4v) is 3.19. The van der Waals surface area contributed by atoms with Crippen LogP contribution in [-0.4, -0.2) is 21.0 Å². The number of anilines is 2. The number of rotatable bonds is 5. The Bertz CT molecular complexity index is 605. The molecule has 106 valence electrons. The van der Waals surface area contributed by atoms with Crippen LogP contribution in [0, 0.1) is 6.92 Å². The number of thiophene rings is 1. The third kappa shape index (κ3) is 3.25. The molecule has 6 heteroatoms. The van der Waals surface area contributed by atoms with Crippen LogP contribution in [-0.2, 0) is 6.42 Å². The van der Waals surface area contributed by atoms with E-state index >= 15 is 0 Å². The molecule has 20 heavy (non-hydrogen) atoms. The van der Waals surface area contributed by atoms with Crippen LogP contribution in [0.15, 0.2) is 12.1 Å². The second kappa shape index (κ2) is 5.36. The summed E-state index contributed by atoms with van der Waals surface area (Å²) in [5.41, 5.74) is 5.76. The molecule has 0 amide bonds. The number of nitrogens with one attached hydrogen (secondary N) is 1. The predicted molar refractivity (Wildman–Crippen MR) is 82.1 cm³/mol. The Morgan fingerprint density at radius 1 is 1.35 bits per heavy atom. The zero-order valence-corrected chi connectivity index (χ0v) is 12.6. The topological polar surface area (TPSA) is 76.7 Å². The average molecular weight is 289 g/mol. The van der Waals surface area contributed by atoms with E-state index in [0.717, 1.165) is 25.1 Å². The third-order valence-electron chi connectivity index (χ3n) is 3.29. The predicted octanol–water partition coefficient (Wildman–Crippen LogP) is 2.74. The van der Waals surface area contributed by atoms with Gasteiger partial charge >= 0.3 is 0 Å². The van der Waals surface area contributed by atoms with Crippen LogP contribution in [0.5, 0.6) is 0 Å². The zero-order chi connectivity index (χ0) is 14.1. The van der Waals surface area contributed by atoms with Gasteiger partial charge in [0, 0.05) is 28.1 Å². The summed E-state index contributed by atoms with van der Waals surface area (Å²) in [7, 11) is 0. The molecule has 1 atom stereocenters. The number of nitrogens with zero attached hydrogens (tertiary/aromatic N) is 3. The van der Waals surface area contributed by atoms with Crippen LogP contribution in [0.25, 0.3) is 0 Å². The minimum absolute atomic E-state index is 0.266. The van der Waals surface area contributed by atoms with Crippen LogP contribution in [0.3, 0.4) is 0 Å². The summed E-state index contributed by atoms with van der Waals surface area (Å²) in [4.78, 5) is 15.6. The fourth-order valence-electron chi connectivity index (χ4n) is 2.17. The highest BCUT2D eigenvalue weighted by Gasteiger charge is 2.27. The molecule has 3 rings (SSSR count). The van der Waals surface area contributed by atoms with Gasteiger partial charge < -0.3 is 11.1 Å². The molecule has 0 saturated heterocycles. The van der Waals surface area contributed by atoms with Gasteiger partial charge in [-0.05, 0) is 38.8 Å². The maximum atomic E-state index is 5.76. The Hall–Kier alpha value is -1.69. The van der Waals surface area contributed by atoms with Crippen LogP contribution in [0.2, 0.25) is 0 Å². The van der Waals surface area contributed by atoms with E-state index in [2.05, 4.69) is 46.2 Å². The first-order chi connectivity index (χ1) is 9.60. The molecule has 2 heterocycles. The monoisotopic (exact) mass is 289 g/mol. The molecule has 2 aromatic heterocycles. The van der Waals surface area contributed by atoms with Gasteiger partial charge in [0.25, 0.3) is 0 Å². The molecule has 0 bridgehead atoms. The second-order valence-corrected chi connectivity index (χ2v) is 6.78. The van der Waals surface area contributed by atoms with E-state index in [9.17, 15) is 0 Å². The highest BCUT2D eigenvalue weighted by atomic mass is 32.1. The Morgan fingerprint density at radius 2 is 2.15 bits per heavy atom. The summed E-state index contributed by atoms with van der Waals surface area (Å²) in [6.45, 7) is 4.26. The number of aromatic nitrogens is 3. The molecule has 0 aliphatic heterocycles. The lowest BCUT2D eigenvalue weighted by Crippen LogP contribution is -2.20. The van der Waals surface area contributed by atoms with Gasteiger partial charge in [0.1, 0.15) is 5.82 Å². The summed E-state index contributed by atoms with van der Waals surface area (Å²) in [5, 5.41) is 3.33. The first-order valence-electron chi connectivity index (χ1n) is 6.93. The first-order valence-corrected chi connectivity index (χ1v) is 7.75. The molecular weight excluding hydrogens is 270 g/mol. The van der Waals surface area contributed by atoms with Crippen molar-refractivity contribution < 1.29 is 0 Å². The van der Waals surface area contributed by atoms with Crippen molar-refractivity contribution in [3.05, 3.63) is 27.7 Å². The van der Waals surface area contributed by atoms with Crippen molar-refractivity contribution in [1.82, 2.24) is 15.0 Å². The summed E-state index contributed by atoms with van der Waals surface area (Å²) >= 11 is 1.83. The lowest BCUT2D eigenvalue weighted by atomic mass is 10.2. The molecule has 1 aliphatic carbocycles. The number of nitrogen functional groups attached to an aromatic ring is 1. The summed E-state index contributed by atoms with van der Waals surface area (Å²) in [6.07, 6.45) is 3.28. The van der Waals surface area contributed by atoms with Gasteiger partial charge in [-0.15, -0.1) is 11.3 Å². The van der Waals surface area contributed by atoms with E-state index in [1.807, 2.05) is 11.3 Å². The first kappa shape index (κ1) is 13.3. The van der Waals surface area contributed by atoms with E-state index in [4.69, 9.17) is 5.73 Å². The van der Waals surface area contributed by atoms with Gasteiger partial charge in [-0.25, -0.2) is 0 Å². The van der Waals surface area contributed by atoms with Crippen molar-refractivity contribution >= 4 is 23.2 Å². The van der Waals surface area contributed by atoms with Gasteiger partial charge in [-0.1, -0.05) is 0 Å². The van der Waals surface area contributed by atoms with Crippen LogP contribution < -0.4 is 11.1 Å². The SMILES string of the molecule is Cc1ccc(CC(C)Nc2nc(N)nc(C3CC3)n2)s1. The summed E-state index contributed by atoms with van der Waals surface area (Å²) in [5.74, 6) is 2.22.